The van der Waals surface area contributed by atoms with Crippen LogP contribution in [0, 0.1) is 5.92 Å². The first-order valence-electron chi connectivity index (χ1n) is 11.6. The normalized spacial score (nSPS) is 16.6. The maximum atomic E-state index is 6.76. The van der Waals surface area contributed by atoms with Gasteiger partial charge in [0.05, 0.1) is 19.3 Å². The van der Waals surface area contributed by atoms with E-state index in [2.05, 4.69) is 93.3 Å². The highest BCUT2D eigenvalue weighted by Crippen LogP contribution is 2.39. The van der Waals surface area contributed by atoms with Gasteiger partial charge < -0.3 is 13.9 Å². The Morgan fingerprint density at radius 1 is 1.03 bits per heavy atom. The lowest BCUT2D eigenvalue weighted by Gasteiger charge is -2.42. The summed E-state index contributed by atoms with van der Waals surface area (Å²) in [4.78, 5) is 0. The van der Waals surface area contributed by atoms with E-state index in [0.717, 1.165) is 12.8 Å². The van der Waals surface area contributed by atoms with Crippen molar-refractivity contribution in [3.8, 4) is 0 Å². The highest BCUT2D eigenvalue weighted by Gasteiger charge is 2.41. The van der Waals surface area contributed by atoms with Gasteiger partial charge in [-0.2, -0.15) is 0 Å². The van der Waals surface area contributed by atoms with Gasteiger partial charge in [-0.25, -0.2) is 0 Å². The minimum absolute atomic E-state index is 0.0597. The monoisotopic (exact) mass is 450 g/mol. The molecule has 0 aromatic rings. The summed E-state index contributed by atoms with van der Waals surface area (Å²) in [6.07, 6.45) is 10.6. The minimum Gasteiger partial charge on any atom is -0.410 e. The fourth-order valence-corrected chi connectivity index (χ4v) is 4.44. The van der Waals surface area contributed by atoms with E-state index >= 15 is 0 Å². The van der Waals surface area contributed by atoms with Crippen molar-refractivity contribution in [2.75, 3.05) is 20.3 Å². The number of hydrogen-bond donors (Lipinski definition) is 0. The van der Waals surface area contributed by atoms with Crippen LogP contribution in [0.15, 0.2) is 47.6 Å². The molecular weight excluding hydrogens is 400 g/mol. The molecule has 0 saturated carbocycles. The topological polar surface area (TPSA) is 27.7 Å². The van der Waals surface area contributed by atoms with Crippen LogP contribution in [0.4, 0.5) is 0 Å². The van der Waals surface area contributed by atoms with Gasteiger partial charge in [-0.05, 0) is 58.7 Å². The standard InChI is InChI=1S/C27H50O3Si/c1-13-25(28-10)26(30-31(11,12)27(7,8)9)24(6)19-23(5)20-29-18-17-22(4)16-14-15-21(2)3/h13,15,17,19,24-26H,1,14,16,18,20H2,2-12H3/b22-17+,23-19-/t24-,25+,26+/m1/s1. The van der Waals surface area contributed by atoms with Crippen molar-refractivity contribution in [3.63, 3.8) is 0 Å². The van der Waals surface area contributed by atoms with Crippen LogP contribution >= 0.6 is 0 Å². The van der Waals surface area contributed by atoms with E-state index in [4.69, 9.17) is 13.9 Å². The summed E-state index contributed by atoms with van der Waals surface area (Å²) in [5.41, 5.74) is 3.97. The molecule has 0 aliphatic heterocycles. The molecule has 0 spiro atoms. The Hall–Kier alpha value is -0.943. The fraction of sp³-hybridized carbons (Fsp3) is 0.704. The maximum absolute atomic E-state index is 6.76. The molecule has 0 aromatic carbocycles. The second kappa shape index (κ2) is 14.3. The summed E-state index contributed by atoms with van der Waals surface area (Å²) in [6.45, 7) is 27.4. The summed E-state index contributed by atoms with van der Waals surface area (Å²) in [5, 5.41) is 0.141. The molecule has 0 rings (SSSR count). The predicted octanol–water partition coefficient (Wildman–Crippen LogP) is 7.87. The van der Waals surface area contributed by atoms with Crippen LogP contribution in [0.1, 0.15) is 68.2 Å². The molecule has 0 fully saturated rings. The third-order valence-electron chi connectivity index (χ3n) is 6.10. The number of ether oxygens (including phenoxy) is 2. The van der Waals surface area contributed by atoms with Crippen molar-refractivity contribution in [1.82, 2.24) is 0 Å². The summed E-state index contributed by atoms with van der Waals surface area (Å²) in [5.74, 6) is 0.196. The summed E-state index contributed by atoms with van der Waals surface area (Å²) in [7, 11) is -0.210. The molecule has 0 unspecified atom stereocenters. The fourth-order valence-electron chi connectivity index (χ4n) is 3.06. The van der Waals surface area contributed by atoms with Crippen LogP contribution in [-0.4, -0.2) is 40.8 Å². The number of hydrogen-bond acceptors (Lipinski definition) is 3. The first-order chi connectivity index (χ1) is 14.2. The number of rotatable bonds is 14. The lowest BCUT2D eigenvalue weighted by molar-refractivity contribution is 0.00584. The molecule has 0 saturated heterocycles. The summed E-state index contributed by atoms with van der Waals surface area (Å²) < 4.78 is 18.4. The average molecular weight is 451 g/mol. The van der Waals surface area contributed by atoms with Crippen molar-refractivity contribution < 1.29 is 13.9 Å². The Labute approximate surface area is 194 Å². The van der Waals surface area contributed by atoms with Gasteiger partial charge in [0.25, 0.3) is 0 Å². The van der Waals surface area contributed by atoms with Crippen molar-refractivity contribution in [1.29, 1.82) is 0 Å². The summed E-state index contributed by atoms with van der Waals surface area (Å²) in [6, 6.07) is 0. The van der Waals surface area contributed by atoms with Crippen LogP contribution in [0.2, 0.25) is 18.1 Å². The lowest BCUT2D eigenvalue weighted by Crippen LogP contribution is -2.49. The van der Waals surface area contributed by atoms with E-state index in [1.165, 1.54) is 16.7 Å². The predicted molar refractivity (Wildman–Crippen MR) is 139 cm³/mol. The van der Waals surface area contributed by atoms with Crippen LogP contribution in [0.5, 0.6) is 0 Å². The largest absolute Gasteiger partial charge is 0.410 e. The molecule has 0 aliphatic rings. The molecule has 3 nitrogen and oxygen atoms in total. The SMILES string of the molecule is C=C[C@H](OC)[C@@H](O[Si](C)(C)C(C)(C)C)[C@H](C)/C=C(/C)COC/C=C(\C)CCC=C(C)C. The molecule has 0 radical (unpaired) electrons. The minimum atomic E-state index is -1.94. The maximum Gasteiger partial charge on any atom is 0.192 e. The molecule has 3 atom stereocenters. The van der Waals surface area contributed by atoms with E-state index in [1.54, 1.807) is 7.11 Å². The zero-order valence-electron chi connectivity index (χ0n) is 22.3. The van der Waals surface area contributed by atoms with Crippen molar-refractivity contribution in [3.05, 3.63) is 47.6 Å². The Morgan fingerprint density at radius 3 is 2.13 bits per heavy atom. The molecule has 0 heterocycles. The van der Waals surface area contributed by atoms with Gasteiger partial charge in [-0.3, -0.25) is 0 Å². The molecule has 0 aromatic heterocycles. The van der Waals surface area contributed by atoms with Crippen LogP contribution in [0.25, 0.3) is 0 Å². The third kappa shape index (κ3) is 12.0. The van der Waals surface area contributed by atoms with Crippen LogP contribution in [0.3, 0.4) is 0 Å². The van der Waals surface area contributed by atoms with Gasteiger partial charge >= 0.3 is 0 Å². The molecule has 4 heteroatoms. The van der Waals surface area contributed by atoms with Crippen LogP contribution in [-0.2, 0) is 13.9 Å². The Bertz CT molecular complexity index is 619. The van der Waals surface area contributed by atoms with Crippen molar-refractivity contribution in [2.45, 2.75) is 98.6 Å². The summed E-state index contributed by atoms with van der Waals surface area (Å²) >= 11 is 0. The highest BCUT2D eigenvalue weighted by molar-refractivity contribution is 6.74. The third-order valence-corrected chi connectivity index (χ3v) is 10.6. The quantitative estimate of drug-likeness (QED) is 0.153. The lowest BCUT2D eigenvalue weighted by atomic mass is 9.97. The zero-order chi connectivity index (χ0) is 24.2. The van der Waals surface area contributed by atoms with Gasteiger partial charge in [-0.1, -0.05) is 68.7 Å². The van der Waals surface area contributed by atoms with E-state index in [1.807, 2.05) is 6.08 Å². The van der Waals surface area contributed by atoms with E-state index < -0.39 is 8.32 Å². The van der Waals surface area contributed by atoms with E-state index in [9.17, 15) is 0 Å². The Balaban J connectivity index is 5.00. The average Bonchev–Trinajstić information content (AvgIpc) is 2.64. The Kier molecular flexibility index (Phi) is 13.8. The number of methoxy groups -OCH3 is 1. The van der Waals surface area contributed by atoms with Gasteiger partial charge in [0.1, 0.15) is 6.10 Å². The van der Waals surface area contributed by atoms with E-state index in [-0.39, 0.29) is 23.2 Å². The second-order valence-corrected chi connectivity index (χ2v) is 15.3. The first-order valence-corrected chi connectivity index (χ1v) is 14.5. The molecule has 31 heavy (non-hydrogen) atoms. The van der Waals surface area contributed by atoms with Gasteiger partial charge in [0.2, 0.25) is 0 Å². The zero-order valence-corrected chi connectivity index (χ0v) is 23.3. The molecule has 180 valence electrons. The Morgan fingerprint density at radius 2 is 1.65 bits per heavy atom. The molecule has 0 N–H and O–H groups in total. The molecule has 0 amide bonds. The van der Waals surface area contributed by atoms with Crippen molar-refractivity contribution >= 4 is 8.32 Å². The number of allylic oxidation sites excluding steroid dienone is 3. The van der Waals surface area contributed by atoms with Gasteiger partial charge in [0, 0.05) is 13.0 Å². The van der Waals surface area contributed by atoms with Crippen molar-refractivity contribution in [2.24, 2.45) is 5.92 Å². The van der Waals surface area contributed by atoms with E-state index in [0.29, 0.717) is 13.2 Å². The van der Waals surface area contributed by atoms with Crippen LogP contribution < -0.4 is 0 Å². The first kappa shape index (κ1) is 30.1. The molecule has 0 bridgehead atoms. The smallest absolute Gasteiger partial charge is 0.192 e. The van der Waals surface area contributed by atoms with Gasteiger partial charge in [-0.15, -0.1) is 6.58 Å². The second-order valence-electron chi connectivity index (χ2n) is 10.5. The van der Waals surface area contributed by atoms with Gasteiger partial charge in [0.15, 0.2) is 8.32 Å². The highest BCUT2D eigenvalue weighted by atomic mass is 28.4. The molecule has 0 aliphatic carbocycles. The molecular formula is C27H50O3Si.